The average Bonchev–Trinajstić information content (AvgIpc) is 3.25. The summed E-state index contributed by atoms with van der Waals surface area (Å²) >= 11 is 1.33. The molecule has 3 rings (SSSR count). The maximum absolute atomic E-state index is 12.1. The molecule has 0 aliphatic rings. The van der Waals surface area contributed by atoms with Crippen LogP contribution in [0, 0.1) is 6.92 Å². The first-order valence-electron chi connectivity index (χ1n) is 7.67. The van der Waals surface area contributed by atoms with Gasteiger partial charge in [0.1, 0.15) is 12.3 Å². The highest BCUT2D eigenvalue weighted by Gasteiger charge is 2.18. The van der Waals surface area contributed by atoms with Crippen LogP contribution in [-0.2, 0) is 16.1 Å². The van der Waals surface area contributed by atoms with E-state index in [9.17, 15) is 9.59 Å². The number of carbonyl (C=O) groups excluding carboxylic acids is 2. The van der Waals surface area contributed by atoms with Crippen LogP contribution in [-0.4, -0.2) is 21.8 Å². The zero-order valence-electron chi connectivity index (χ0n) is 13.9. The van der Waals surface area contributed by atoms with Crippen LogP contribution < -0.4 is 4.90 Å². The topological polar surface area (TPSA) is 75.3 Å². The van der Waals surface area contributed by atoms with E-state index in [0.29, 0.717) is 16.5 Å². The summed E-state index contributed by atoms with van der Waals surface area (Å²) in [6.07, 6.45) is 1.66. The number of H-pyrrole nitrogens is 1. The Morgan fingerprint density at radius 3 is 2.80 bits per heavy atom. The van der Waals surface area contributed by atoms with Gasteiger partial charge in [-0.15, -0.1) is 11.3 Å². The molecular weight excluding hydrogens is 338 g/mol. The summed E-state index contributed by atoms with van der Waals surface area (Å²) in [7, 11) is 0. The van der Waals surface area contributed by atoms with Crippen LogP contribution >= 0.6 is 11.3 Å². The van der Waals surface area contributed by atoms with Crippen LogP contribution in [0.15, 0.2) is 48.0 Å². The van der Waals surface area contributed by atoms with Gasteiger partial charge in [-0.25, -0.2) is 9.78 Å². The Hall–Kier alpha value is -2.93. The number of nitrogens with zero attached hydrogens (tertiary/aromatic N) is 2. The second-order valence-electron chi connectivity index (χ2n) is 5.47. The third-order valence-corrected chi connectivity index (χ3v) is 4.35. The minimum Gasteiger partial charge on any atom is -0.454 e. The van der Waals surface area contributed by atoms with E-state index in [4.69, 9.17) is 4.74 Å². The van der Waals surface area contributed by atoms with Gasteiger partial charge in [0, 0.05) is 18.5 Å². The molecule has 6 nitrogen and oxygen atoms in total. The van der Waals surface area contributed by atoms with Gasteiger partial charge in [0.25, 0.3) is 0 Å². The SMILES string of the molecule is CC(=O)N(c1cccc(C)c1)c1nc(COC(=O)c2ccc[nH]2)cs1. The number of ether oxygens (including phenoxy) is 1. The van der Waals surface area contributed by atoms with Gasteiger partial charge < -0.3 is 9.72 Å². The van der Waals surface area contributed by atoms with Crippen molar-refractivity contribution in [2.75, 3.05) is 4.90 Å². The van der Waals surface area contributed by atoms with Crippen LogP contribution in [0.25, 0.3) is 0 Å². The van der Waals surface area contributed by atoms with Crippen LogP contribution in [0.1, 0.15) is 28.7 Å². The van der Waals surface area contributed by atoms with Crippen LogP contribution in [0.2, 0.25) is 0 Å². The first-order valence-corrected chi connectivity index (χ1v) is 8.55. The van der Waals surface area contributed by atoms with Gasteiger partial charge in [-0.2, -0.15) is 0 Å². The number of amides is 1. The third-order valence-electron chi connectivity index (χ3n) is 3.47. The monoisotopic (exact) mass is 355 g/mol. The van der Waals surface area contributed by atoms with Gasteiger partial charge in [0.2, 0.25) is 5.91 Å². The zero-order chi connectivity index (χ0) is 17.8. The molecule has 2 heterocycles. The van der Waals surface area contributed by atoms with Crippen molar-refractivity contribution in [1.82, 2.24) is 9.97 Å². The highest BCUT2D eigenvalue weighted by atomic mass is 32.1. The van der Waals surface area contributed by atoms with Crippen molar-refractivity contribution >= 4 is 34.0 Å². The largest absolute Gasteiger partial charge is 0.454 e. The first kappa shape index (κ1) is 16.9. The number of benzene rings is 1. The van der Waals surface area contributed by atoms with Crippen molar-refractivity contribution < 1.29 is 14.3 Å². The van der Waals surface area contributed by atoms with E-state index < -0.39 is 5.97 Å². The molecular formula is C18H17N3O3S. The Balaban J connectivity index is 1.74. The molecule has 0 fully saturated rings. The van der Waals surface area contributed by atoms with Gasteiger partial charge in [-0.05, 0) is 36.8 Å². The van der Waals surface area contributed by atoms with Crippen molar-refractivity contribution in [2.45, 2.75) is 20.5 Å². The minimum atomic E-state index is -0.443. The van der Waals surface area contributed by atoms with Gasteiger partial charge in [0.05, 0.1) is 11.4 Å². The lowest BCUT2D eigenvalue weighted by atomic mass is 10.2. The summed E-state index contributed by atoms with van der Waals surface area (Å²) in [5, 5.41) is 2.33. The molecule has 0 atom stereocenters. The number of esters is 1. The second-order valence-corrected chi connectivity index (χ2v) is 6.31. The molecule has 0 spiro atoms. The fraction of sp³-hybridized carbons (Fsp3) is 0.167. The average molecular weight is 355 g/mol. The predicted octanol–water partition coefficient (Wildman–Crippen LogP) is 3.82. The summed E-state index contributed by atoms with van der Waals surface area (Å²) in [4.78, 5) is 32.7. The number of hydrogen-bond acceptors (Lipinski definition) is 5. The smallest absolute Gasteiger partial charge is 0.355 e. The molecule has 2 aromatic heterocycles. The van der Waals surface area contributed by atoms with Crippen molar-refractivity contribution in [3.63, 3.8) is 0 Å². The lowest BCUT2D eigenvalue weighted by Crippen LogP contribution is -2.22. The minimum absolute atomic E-state index is 0.0495. The molecule has 0 bridgehead atoms. The van der Waals surface area contributed by atoms with E-state index >= 15 is 0 Å². The van der Waals surface area contributed by atoms with Gasteiger partial charge in [-0.3, -0.25) is 9.69 Å². The quantitative estimate of drug-likeness (QED) is 0.706. The number of hydrogen-bond donors (Lipinski definition) is 1. The molecule has 128 valence electrons. The maximum atomic E-state index is 12.1. The lowest BCUT2D eigenvalue weighted by Gasteiger charge is -2.18. The summed E-state index contributed by atoms with van der Waals surface area (Å²) in [5.74, 6) is -0.573. The Bertz CT molecular complexity index is 887. The molecule has 1 N–H and O–H groups in total. The van der Waals surface area contributed by atoms with Crippen molar-refractivity contribution in [3.8, 4) is 0 Å². The van der Waals surface area contributed by atoms with E-state index in [1.165, 1.54) is 18.3 Å². The van der Waals surface area contributed by atoms with E-state index in [2.05, 4.69) is 9.97 Å². The van der Waals surface area contributed by atoms with Crippen molar-refractivity contribution in [1.29, 1.82) is 0 Å². The fourth-order valence-electron chi connectivity index (χ4n) is 2.33. The molecule has 25 heavy (non-hydrogen) atoms. The lowest BCUT2D eigenvalue weighted by molar-refractivity contribution is -0.115. The predicted molar refractivity (Wildman–Crippen MR) is 96.0 cm³/mol. The van der Waals surface area contributed by atoms with Crippen LogP contribution in [0.4, 0.5) is 10.8 Å². The Morgan fingerprint density at radius 1 is 1.28 bits per heavy atom. The molecule has 1 aromatic carbocycles. The molecule has 7 heteroatoms. The van der Waals surface area contributed by atoms with E-state index in [1.807, 2.05) is 31.2 Å². The maximum Gasteiger partial charge on any atom is 0.355 e. The molecule has 0 radical (unpaired) electrons. The zero-order valence-corrected chi connectivity index (χ0v) is 14.7. The van der Waals surface area contributed by atoms with Gasteiger partial charge >= 0.3 is 5.97 Å². The first-order chi connectivity index (χ1) is 12.0. The van der Waals surface area contributed by atoms with E-state index in [0.717, 1.165) is 11.3 Å². The molecule has 0 saturated heterocycles. The number of rotatable bonds is 5. The molecule has 0 aliphatic carbocycles. The number of thiazole rings is 1. The van der Waals surface area contributed by atoms with Crippen molar-refractivity contribution in [2.24, 2.45) is 0 Å². The Morgan fingerprint density at radius 2 is 2.12 bits per heavy atom. The number of aromatic nitrogens is 2. The number of anilines is 2. The summed E-state index contributed by atoms with van der Waals surface area (Å²) in [6, 6.07) is 11.0. The highest BCUT2D eigenvalue weighted by Crippen LogP contribution is 2.29. The summed E-state index contributed by atoms with van der Waals surface area (Å²) in [6.45, 7) is 3.51. The number of nitrogens with one attached hydrogen (secondary N) is 1. The van der Waals surface area contributed by atoms with E-state index in [1.54, 1.807) is 28.6 Å². The van der Waals surface area contributed by atoms with E-state index in [-0.39, 0.29) is 12.5 Å². The number of aromatic amines is 1. The number of aryl methyl sites for hydroxylation is 1. The summed E-state index contributed by atoms with van der Waals surface area (Å²) < 4.78 is 5.22. The second kappa shape index (κ2) is 7.31. The normalized spacial score (nSPS) is 10.5. The van der Waals surface area contributed by atoms with Crippen LogP contribution in [0.3, 0.4) is 0 Å². The fourth-order valence-corrected chi connectivity index (χ4v) is 3.21. The molecule has 0 saturated carbocycles. The molecule has 0 aliphatic heterocycles. The highest BCUT2D eigenvalue weighted by molar-refractivity contribution is 7.14. The Labute approximate surface area is 149 Å². The third kappa shape index (κ3) is 3.95. The Kier molecular flexibility index (Phi) is 4.95. The van der Waals surface area contributed by atoms with Gasteiger partial charge in [-0.1, -0.05) is 12.1 Å². The molecule has 3 aromatic rings. The summed E-state index contributed by atoms with van der Waals surface area (Å²) in [5.41, 5.74) is 2.80. The van der Waals surface area contributed by atoms with Crippen molar-refractivity contribution in [3.05, 3.63) is 64.9 Å². The number of carbonyl (C=O) groups is 2. The van der Waals surface area contributed by atoms with Gasteiger partial charge in [0.15, 0.2) is 5.13 Å². The molecule has 0 unspecified atom stereocenters. The van der Waals surface area contributed by atoms with Crippen LogP contribution in [0.5, 0.6) is 0 Å². The molecule has 1 amide bonds. The standard InChI is InChI=1S/C18H17N3O3S/c1-12-5-3-6-15(9-12)21(13(2)22)18-20-14(11-25-18)10-24-17(23)16-7-4-8-19-16/h3-9,11,19H,10H2,1-2H3.